The Balaban J connectivity index is 2.57. The van der Waals surface area contributed by atoms with Gasteiger partial charge in [0.15, 0.2) is 0 Å². The van der Waals surface area contributed by atoms with Gasteiger partial charge < -0.3 is 10.2 Å². The van der Waals surface area contributed by atoms with Gasteiger partial charge in [0.25, 0.3) is 0 Å². The van der Waals surface area contributed by atoms with Gasteiger partial charge in [-0.1, -0.05) is 12.1 Å². The van der Waals surface area contributed by atoms with E-state index in [0.717, 1.165) is 22.3 Å². The summed E-state index contributed by atoms with van der Waals surface area (Å²) in [6.07, 6.45) is 0. The van der Waals surface area contributed by atoms with Crippen LogP contribution in [-0.4, -0.2) is 10.2 Å². The standard InChI is InChI=1S/C14H14O2/c1-9-6-12(7-10(2)14(9)16)11-4-3-5-13(15)8-11/h3-8,15-16H,1-2H3. The molecular weight excluding hydrogens is 200 g/mol. The van der Waals surface area contributed by atoms with Crippen molar-refractivity contribution in [2.75, 3.05) is 0 Å². The summed E-state index contributed by atoms with van der Waals surface area (Å²) in [5.41, 5.74) is 3.64. The molecule has 0 amide bonds. The van der Waals surface area contributed by atoms with Crippen LogP contribution in [0.3, 0.4) is 0 Å². The monoisotopic (exact) mass is 214 g/mol. The van der Waals surface area contributed by atoms with E-state index >= 15 is 0 Å². The second-order valence-corrected chi connectivity index (χ2v) is 4.01. The number of benzene rings is 2. The van der Waals surface area contributed by atoms with Crippen LogP contribution in [0.25, 0.3) is 11.1 Å². The van der Waals surface area contributed by atoms with E-state index in [9.17, 15) is 10.2 Å². The summed E-state index contributed by atoms with van der Waals surface area (Å²) >= 11 is 0. The summed E-state index contributed by atoms with van der Waals surface area (Å²) in [6.45, 7) is 3.74. The minimum absolute atomic E-state index is 0.251. The topological polar surface area (TPSA) is 40.5 Å². The molecule has 2 aromatic rings. The molecule has 2 aromatic carbocycles. The molecule has 16 heavy (non-hydrogen) atoms. The molecule has 0 aliphatic heterocycles. The molecule has 0 fully saturated rings. The zero-order valence-electron chi connectivity index (χ0n) is 9.36. The van der Waals surface area contributed by atoms with Gasteiger partial charge in [-0.2, -0.15) is 0 Å². The van der Waals surface area contributed by atoms with Crippen LogP contribution in [0, 0.1) is 13.8 Å². The third-order valence-corrected chi connectivity index (χ3v) is 2.67. The Hall–Kier alpha value is -1.96. The van der Waals surface area contributed by atoms with E-state index < -0.39 is 0 Å². The quantitative estimate of drug-likeness (QED) is 0.764. The summed E-state index contributed by atoms with van der Waals surface area (Å²) in [7, 11) is 0. The van der Waals surface area contributed by atoms with Gasteiger partial charge >= 0.3 is 0 Å². The fraction of sp³-hybridized carbons (Fsp3) is 0.143. The van der Waals surface area contributed by atoms with E-state index in [4.69, 9.17) is 0 Å². The van der Waals surface area contributed by atoms with E-state index in [1.807, 2.05) is 38.1 Å². The van der Waals surface area contributed by atoms with Crippen molar-refractivity contribution in [1.29, 1.82) is 0 Å². The molecule has 0 aliphatic carbocycles. The van der Waals surface area contributed by atoms with Crippen LogP contribution in [0.2, 0.25) is 0 Å². The molecule has 0 saturated heterocycles. The highest BCUT2D eigenvalue weighted by Gasteiger charge is 2.05. The molecule has 0 spiro atoms. The number of hydrogen-bond donors (Lipinski definition) is 2. The zero-order chi connectivity index (χ0) is 11.7. The molecule has 82 valence electrons. The van der Waals surface area contributed by atoms with Crippen LogP contribution in [-0.2, 0) is 0 Å². The fourth-order valence-electron chi connectivity index (χ4n) is 1.81. The summed E-state index contributed by atoms with van der Waals surface area (Å²) in [5, 5.41) is 19.1. The predicted octanol–water partition coefficient (Wildman–Crippen LogP) is 3.38. The first-order valence-corrected chi connectivity index (χ1v) is 5.17. The predicted molar refractivity (Wildman–Crippen MR) is 64.7 cm³/mol. The highest BCUT2D eigenvalue weighted by atomic mass is 16.3. The van der Waals surface area contributed by atoms with Gasteiger partial charge in [0.2, 0.25) is 0 Å². The van der Waals surface area contributed by atoms with Crippen LogP contribution in [0.4, 0.5) is 0 Å². The lowest BCUT2D eigenvalue weighted by molar-refractivity contribution is 0.467. The lowest BCUT2D eigenvalue weighted by atomic mass is 10.00. The normalized spacial score (nSPS) is 10.4. The molecule has 2 heteroatoms. The van der Waals surface area contributed by atoms with Gasteiger partial charge in [0, 0.05) is 0 Å². The van der Waals surface area contributed by atoms with E-state index in [1.165, 1.54) is 0 Å². The maximum Gasteiger partial charge on any atom is 0.121 e. The lowest BCUT2D eigenvalue weighted by Crippen LogP contribution is -1.84. The molecule has 0 heterocycles. The van der Waals surface area contributed by atoms with Gasteiger partial charge in [-0.05, 0) is 60.4 Å². The van der Waals surface area contributed by atoms with Crippen molar-refractivity contribution in [3.8, 4) is 22.6 Å². The highest BCUT2D eigenvalue weighted by molar-refractivity contribution is 5.68. The molecule has 0 radical (unpaired) electrons. The first kappa shape index (κ1) is 10.6. The number of aryl methyl sites for hydroxylation is 2. The van der Waals surface area contributed by atoms with E-state index in [0.29, 0.717) is 5.75 Å². The molecule has 0 saturated carbocycles. The fourth-order valence-corrected chi connectivity index (χ4v) is 1.81. The minimum Gasteiger partial charge on any atom is -0.508 e. The summed E-state index contributed by atoms with van der Waals surface area (Å²) in [4.78, 5) is 0. The van der Waals surface area contributed by atoms with Crippen LogP contribution >= 0.6 is 0 Å². The molecule has 2 N–H and O–H groups in total. The number of phenolic OH excluding ortho intramolecular Hbond substituents is 2. The molecule has 2 nitrogen and oxygen atoms in total. The first-order chi connectivity index (χ1) is 7.58. The number of phenols is 2. The van der Waals surface area contributed by atoms with Crippen molar-refractivity contribution >= 4 is 0 Å². The minimum atomic E-state index is 0.251. The summed E-state index contributed by atoms with van der Waals surface area (Å²) in [6, 6.07) is 10.9. The Morgan fingerprint density at radius 1 is 0.812 bits per heavy atom. The highest BCUT2D eigenvalue weighted by Crippen LogP contribution is 2.30. The van der Waals surface area contributed by atoms with E-state index in [2.05, 4.69) is 0 Å². The summed E-state index contributed by atoms with van der Waals surface area (Å²) < 4.78 is 0. The Morgan fingerprint density at radius 2 is 1.44 bits per heavy atom. The van der Waals surface area contributed by atoms with Crippen LogP contribution in [0.5, 0.6) is 11.5 Å². The second kappa shape index (κ2) is 3.89. The van der Waals surface area contributed by atoms with Crippen LogP contribution in [0.1, 0.15) is 11.1 Å². The molecule has 0 atom stereocenters. The molecular formula is C14H14O2. The van der Waals surface area contributed by atoms with Crippen molar-refractivity contribution in [3.05, 3.63) is 47.5 Å². The number of aromatic hydroxyl groups is 2. The summed E-state index contributed by atoms with van der Waals surface area (Å²) in [5.74, 6) is 0.588. The Bertz CT molecular complexity index is 507. The van der Waals surface area contributed by atoms with E-state index in [-0.39, 0.29) is 5.75 Å². The van der Waals surface area contributed by atoms with Crippen LogP contribution < -0.4 is 0 Å². The maximum atomic E-state index is 9.68. The SMILES string of the molecule is Cc1cc(-c2cccc(O)c2)cc(C)c1O. The zero-order valence-corrected chi connectivity index (χ0v) is 9.36. The molecule has 0 bridgehead atoms. The van der Waals surface area contributed by atoms with Gasteiger partial charge in [0.05, 0.1) is 0 Å². The van der Waals surface area contributed by atoms with Gasteiger partial charge in [-0.3, -0.25) is 0 Å². The molecule has 0 aliphatic rings. The van der Waals surface area contributed by atoms with E-state index in [1.54, 1.807) is 12.1 Å². The van der Waals surface area contributed by atoms with Gasteiger partial charge in [0.1, 0.15) is 11.5 Å². The first-order valence-electron chi connectivity index (χ1n) is 5.17. The Labute approximate surface area is 94.8 Å². The average Bonchev–Trinajstić information content (AvgIpc) is 2.25. The number of rotatable bonds is 1. The van der Waals surface area contributed by atoms with Crippen molar-refractivity contribution in [3.63, 3.8) is 0 Å². The van der Waals surface area contributed by atoms with Crippen molar-refractivity contribution in [2.24, 2.45) is 0 Å². The van der Waals surface area contributed by atoms with Crippen molar-refractivity contribution in [1.82, 2.24) is 0 Å². The van der Waals surface area contributed by atoms with Gasteiger partial charge in [-0.25, -0.2) is 0 Å². The van der Waals surface area contributed by atoms with Crippen LogP contribution in [0.15, 0.2) is 36.4 Å². The molecule has 2 rings (SSSR count). The third-order valence-electron chi connectivity index (χ3n) is 2.67. The Morgan fingerprint density at radius 3 is 2.00 bits per heavy atom. The average molecular weight is 214 g/mol. The lowest BCUT2D eigenvalue weighted by Gasteiger charge is -2.08. The number of hydrogen-bond acceptors (Lipinski definition) is 2. The maximum absolute atomic E-state index is 9.68. The third kappa shape index (κ3) is 1.87. The molecule has 0 unspecified atom stereocenters. The molecule has 0 aromatic heterocycles. The largest absolute Gasteiger partial charge is 0.508 e. The smallest absolute Gasteiger partial charge is 0.121 e. The van der Waals surface area contributed by atoms with Crippen molar-refractivity contribution in [2.45, 2.75) is 13.8 Å². The Kier molecular flexibility index (Phi) is 2.57. The van der Waals surface area contributed by atoms with Crippen molar-refractivity contribution < 1.29 is 10.2 Å². The van der Waals surface area contributed by atoms with Gasteiger partial charge in [-0.15, -0.1) is 0 Å². The second-order valence-electron chi connectivity index (χ2n) is 4.01.